The molecule has 0 radical (unpaired) electrons. The van der Waals surface area contributed by atoms with Crippen molar-refractivity contribution in [1.29, 1.82) is 0 Å². The van der Waals surface area contributed by atoms with Crippen LogP contribution in [0, 0.1) is 11.6 Å². The molecule has 44 heavy (non-hydrogen) atoms. The first-order chi connectivity index (χ1) is 19.6. The van der Waals surface area contributed by atoms with Crippen LogP contribution in [-0.2, 0) is 31.1 Å². The molecule has 19 heteroatoms. The van der Waals surface area contributed by atoms with Gasteiger partial charge < -0.3 is 28.8 Å². The van der Waals surface area contributed by atoms with E-state index in [-0.39, 0.29) is 26.9 Å². The fourth-order valence-corrected chi connectivity index (χ4v) is 3.73. The number of alkyl halides is 6. The number of hydrogen-bond acceptors (Lipinski definition) is 8. The van der Waals surface area contributed by atoms with E-state index in [2.05, 4.69) is 25.9 Å². The van der Waals surface area contributed by atoms with Gasteiger partial charge in [0.15, 0.2) is 29.2 Å². The highest BCUT2D eigenvalue weighted by Gasteiger charge is 2.61. The zero-order chi connectivity index (χ0) is 34.3. The summed E-state index contributed by atoms with van der Waals surface area (Å²) in [5.41, 5.74) is -5.05. The van der Waals surface area contributed by atoms with Crippen LogP contribution in [0.4, 0.5) is 35.1 Å². The molecule has 2 saturated heterocycles. The molecule has 0 atom stereocenters. The Labute approximate surface area is 257 Å². The van der Waals surface area contributed by atoms with Crippen LogP contribution in [0.1, 0.15) is 66.8 Å². The molecule has 2 aliphatic rings. The van der Waals surface area contributed by atoms with Gasteiger partial charge in [0.1, 0.15) is 0 Å². The second-order valence-corrected chi connectivity index (χ2v) is 12.6. The summed E-state index contributed by atoms with van der Waals surface area (Å²) in [6.07, 6.45) is -8.65. The number of pyridine rings is 2. The molecule has 0 aromatic carbocycles. The van der Waals surface area contributed by atoms with Gasteiger partial charge in [-0.15, -0.1) is 0 Å². The number of rotatable bonds is 2. The van der Waals surface area contributed by atoms with E-state index in [0.29, 0.717) is 12.3 Å². The van der Waals surface area contributed by atoms with Gasteiger partial charge in [-0.05, 0) is 83.5 Å². The fraction of sp³-hybridized carbons (Fsp3) is 0.600. The van der Waals surface area contributed by atoms with Crippen molar-refractivity contribution in [2.75, 3.05) is 0 Å². The zero-order valence-corrected chi connectivity index (χ0v) is 26.5. The third-order valence-corrected chi connectivity index (χ3v) is 7.70. The third kappa shape index (κ3) is 9.10. The van der Waals surface area contributed by atoms with Gasteiger partial charge >= 0.3 is 26.6 Å². The standard InChI is InChI=1S/C13H25BO4.C6H4BF4NO2.C6H2BrF4N/c1-10(2)11(3,4)16-9(15-10)14-17-12(5,6)13(7,8)18-14;8-4-1-3(7(13)14)2-12-5(4)6(9,10)11;7-3-1-4(8)5(12-2-3)6(9,10)11/h9H,1-8H3;1-2,13-14H;1-2H. The maximum Gasteiger partial charge on any atom is 0.517 e. The van der Waals surface area contributed by atoms with Crippen molar-refractivity contribution < 1.29 is 64.0 Å². The summed E-state index contributed by atoms with van der Waals surface area (Å²) >= 11 is 2.79. The Morgan fingerprint density at radius 3 is 1.45 bits per heavy atom. The van der Waals surface area contributed by atoms with Gasteiger partial charge in [0.2, 0.25) is 0 Å². The summed E-state index contributed by atoms with van der Waals surface area (Å²) in [7, 11) is -2.52. The second-order valence-electron chi connectivity index (χ2n) is 11.7. The SMILES string of the molecule is CC1(C)OB(C2OC(C)(C)C(C)(C)O2)OC1(C)C.Fc1cc(Br)cnc1C(F)(F)F.OB(O)c1cnc(C(F)(F)F)c(F)c1. The van der Waals surface area contributed by atoms with Gasteiger partial charge in [0.25, 0.3) is 0 Å². The second kappa shape index (κ2) is 13.1. The molecule has 2 aromatic heterocycles. The lowest BCUT2D eigenvalue weighted by Crippen LogP contribution is -2.41. The molecule has 8 nitrogen and oxygen atoms in total. The van der Waals surface area contributed by atoms with Gasteiger partial charge in [-0.1, -0.05) is 0 Å². The van der Waals surface area contributed by atoms with Crippen LogP contribution in [0.15, 0.2) is 29.0 Å². The summed E-state index contributed by atoms with van der Waals surface area (Å²) in [5, 5.41) is 17.0. The highest BCUT2D eigenvalue weighted by atomic mass is 79.9. The molecule has 2 aromatic rings. The minimum atomic E-state index is -4.89. The van der Waals surface area contributed by atoms with Crippen LogP contribution in [0.2, 0.25) is 0 Å². The lowest BCUT2D eigenvalue weighted by molar-refractivity contribution is -0.144. The molecule has 2 fully saturated rings. The Morgan fingerprint density at radius 2 is 1.11 bits per heavy atom. The predicted octanol–water partition coefficient (Wildman–Crippen LogP) is 5.47. The average Bonchev–Trinajstić information content (AvgIpc) is 3.17. The predicted molar refractivity (Wildman–Crippen MR) is 146 cm³/mol. The summed E-state index contributed by atoms with van der Waals surface area (Å²) in [4.78, 5) is 5.65. The minimum absolute atomic E-state index is 0.174. The van der Waals surface area contributed by atoms with E-state index >= 15 is 0 Å². The van der Waals surface area contributed by atoms with E-state index in [1.165, 1.54) is 0 Å². The monoisotopic (exact) mass is 708 g/mol. The first-order valence-corrected chi connectivity index (χ1v) is 13.6. The van der Waals surface area contributed by atoms with Crippen molar-refractivity contribution in [2.45, 2.75) is 96.3 Å². The summed E-state index contributed by atoms with van der Waals surface area (Å²) in [6.45, 7) is 16.2. The van der Waals surface area contributed by atoms with Crippen molar-refractivity contribution in [1.82, 2.24) is 9.97 Å². The molecule has 2 N–H and O–H groups in total. The highest BCUT2D eigenvalue weighted by molar-refractivity contribution is 9.10. The van der Waals surface area contributed by atoms with E-state index in [1.54, 1.807) is 0 Å². The molecular formula is C25H31B2BrF8N2O6. The maximum absolute atomic E-state index is 12.7. The Hall–Kier alpha value is -1.89. The van der Waals surface area contributed by atoms with Crippen molar-refractivity contribution in [2.24, 2.45) is 0 Å². The molecular weight excluding hydrogens is 678 g/mol. The third-order valence-electron chi connectivity index (χ3n) is 7.27. The Morgan fingerprint density at radius 1 is 0.727 bits per heavy atom. The first-order valence-electron chi connectivity index (χ1n) is 12.8. The van der Waals surface area contributed by atoms with Crippen LogP contribution in [-0.4, -0.2) is 62.8 Å². The first kappa shape index (κ1) is 38.3. The van der Waals surface area contributed by atoms with E-state index in [0.717, 1.165) is 12.3 Å². The van der Waals surface area contributed by atoms with E-state index in [4.69, 9.17) is 28.8 Å². The lowest BCUT2D eigenvalue weighted by Gasteiger charge is -2.32. The Balaban J connectivity index is 0.000000236. The molecule has 0 saturated carbocycles. The van der Waals surface area contributed by atoms with E-state index < -0.39 is 61.3 Å². The van der Waals surface area contributed by atoms with Crippen LogP contribution in [0.25, 0.3) is 0 Å². The van der Waals surface area contributed by atoms with Crippen molar-refractivity contribution >= 4 is 35.6 Å². The summed E-state index contributed by atoms with van der Waals surface area (Å²) < 4.78 is 121. The van der Waals surface area contributed by atoms with Gasteiger partial charge in [-0.3, -0.25) is 0 Å². The van der Waals surface area contributed by atoms with E-state index in [1.807, 2.05) is 55.4 Å². The van der Waals surface area contributed by atoms with Gasteiger partial charge in [-0.25, -0.2) is 18.7 Å². The van der Waals surface area contributed by atoms with Gasteiger partial charge in [-0.2, -0.15) is 26.3 Å². The van der Waals surface area contributed by atoms with Crippen molar-refractivity contribution in [3.8, 4) is 0 Å². The van der Waals surface area contributed by atoms with Gasteiger partial charge in [0.05, 0.1) is 22.4 Å². The molecule has 2 aliphatic heterocycles. The van der Waals surface area contributed by atoms with Crippen molar-refractivity contribution in [3.63, 3.8) is 0 Å². The number of nitrogens with zero attached hydrogens (tertiary/aromatic N) is 2. The quantitative estimate of drug-likeness (QED) is 0.313. The highest BCUT2D eigenvalue weighted by Crippen LogP contribution is 2.44. The zero-order valence-electron chi connectivity index (χ0n) is 24.9. The minimum Gasteiger partial charge on any atom is -0.423 e. The number of hydrogen-bond donors (Lipinski definition) is 2. The van der Waals surface area contributed by atoms with Crippen LogP contribution in [0.3, 0.4) is 0 Å². The number of ether oxygens (including phenoxy) is 2. The molecule has 0 unspecified atom stereocenters. The van der Waals surface area contributed by atoms with Crippen molar-refractivity contribution in [3.05, 3.63) is 52.0 Å². The molecule has 0 spiro atoms. The maximum atomic E-state index is 12.7. The summed E-state index contributed by atoms with van der Waals surface area (Å²) in [6, 6.07) is 1.09. The molecule has 0 amide bonds. The summed E-state index contributed by atoms with van der Waals surface area (Å²) in [5.74, 6) is -3.01. The molecule has 0 bridgehead atoms. The molecule has 246 valence electrons. The van der Waals surface area contributed by atoms with Crippen LogP contribution >= 0.6 is 15.9 Å². The normalized spacial score (nSPS) is 20.4. The van der Waals surface area contributed by atoms with Crippen LogP contribution < -0.4 is 5.46 Å². The Kier molecular flexibility index (Phi) is 11.4. The smallest absolute Gasteiger partial charge is 0.423 e. The lowest BCUT2D eigenvalue weighted by atomic mass is 9.81. The number of halogens is 9. The topological polar surface area (TPSA) is 103 Å². The number of aromatic nitrogens is 2. The van der Waals surface area contributed by atoms with Gasteiger partial charge in [0, 0.05) is 22.3 Å². The average molecular weight is 709 g/mol. The fourth-order valence-electron chi connectivity index (χ4n) is 3.43. The molecule has 4 heterocycles. The van der Waals surface area contributed by atoms with E-state index in [9.17, 15) is 35.1 Å². The molecule has 4 rings (SSSR count). The molecule has 0 aliphatic carbocycles. The largest absolute Gasteiger partial charge is 0.517 e. The van der Waals surface area contributed by atoms with Crippen LogP contribution in [0.5, 0.6) is 0 Å². The Bertz CT molecular complexity index is 1250.